The van der Waals surface area contributed by atoms with Crippen LogP contribution in [0.5, 0.6) is 0 Å². The van der Waals surface area contributed by atoms with Crippen molar-refractivity contribution in [1.29, 1.82) is 0 Å². The van der Waals surface area contributed by atoms with Crippen LogP contribution in [-0.4, -0.2) is 17.1 Å². The molecule has 0 amide bonds. The molecule has 4 bridgehead atoms. The maximum Gasteiger partial charge on any atom is 0.387 e. The molecule has 1 N–H and O–H groups in total. The van der Waals surface area contributed by atoms with E-state index < -0.39 is 12.0 Å². The Balaban J connectivity index is 1.72. The van der Waals surface area contributed by atoms with Crippen molar-refractivity contribution in [1.82, 2.24) is 0 Å². The van der Waals surface area contributed by atoms with E-state index in [0.717, 1.165) is 23.7 Å². The van der Waals surface area contributed by atoms with E-state index in [-0.39, 0.29) is 0 Å². The van der Waals surface area contributed by atoms with Crippen LogP contribution >= 0.6 is 0 Å². The van der Waals surface area contributed by atoms with Crippen LogP contribution in [-0.2, 0) is 4.79 Å². The Hall–Kier alpha value is -1.04. The normalized spacial score (nSPS) is 44.3. The van der Waals surface area contributed by atoms with Crippen LogP contribution in [0.15, 0.2) is 0 Å². The van der Waals surface area contributed by atoms with Crippen molar-refractivity contribution in [2.45, 2.75) is 44.6 Å². The Bertz CT molecular complexity index is 343. The molecule has 4 rings (SSSR count). The lowest BCUT2D eigenvalue weighted by Crippen LogP contribution is -2.46. The summed E-state index contributed by atoms with van der Waals surface area (Å²) in [4.78, 5) is 14.3. The van der Waals surface area contributed by atoms with Gasteiger partial charge in [-0.2, -0.15) is 0 Å². The van der Waals surface area contributed by atoms with Gasteiger partial charge in [0.2, 0.25) is 0 Å². The molecule has 4 saturated carbocycles. The van der Waals surface area contributed by atoms with Crippen LogP contribution in [0.25, 0.3) is 4.85 Å². The Morgan fingerprint density at radius 3 is 2.12 bits per heavy atom. The second-order valence-electron chi connectivity index (χ2n) is 6.31. The van der Waals surface area contributed by atoms with Crippen molar-refractivity contribution >= 4 is 5.97 Å². The summed E-state index contributed by atoms with van der Waals surface area (Å²) in [6, 6.07) is -0.794. The molecule has 4 fully saturated rings. The highest BCUT2D eigenvalue weighted by Gasteiger charge is 2.49. The number of hydrogen-bond acceptors (Lipinski definition) is 1. The summed E-state index contributed by atoms with van der Waals surface area (Å²) >= 11 is 0. The number of hydrogen-bond donors (Lipinski definition) is 1. The molecule has 92 valence electrons. The minimum Gasteiger partial charge on any atom is -0.476 e. The van der Waals surface area contributed by atoms with Gasteiger partial charge in [-0.25, -0.2) is 11.4 Å². The fourth-order valence-electron chi connectivity index (χ4n) is 4.89. The van der Waals surface area contributed by atoms with Gasteiger partial charge in [-0.1, -0.05) is 0 Å². The summed E-state index contributed by atoms with van der Waals surface area (Å²) in [6.45, 7) is 7.01. The lowest BCUT2D eigenvalue weighted by Gasteiger charge is -2.54. The average Bonchev–Trinajstić information content (AvgIpc) is 2.27. The first-order valence-corrected chi connectivity index (χ1v) is 6.76. The van der Waals surface area contributed by atoms with Gasteiger partial charge in [0.1, 0.15) is 0 Å². The summed E-state index contributed by atoms with van der Waals surface area (Å²) in [5.41, 5.74) is 0. The Labute approximate surface area is 102 Å². The van der Waals surface area contributed by atoms with Gasteiger partial charge >= 0.3 is 12.0 Å². The van der Waals surface area contributed by atoms with Crippen molar-refractivity contribution in [3.8, 4) is 0 Å². The van der Waals surface area contributed by atoms with Crippen molar-refractivity contribution < 1.29 is 9.90 Å². The number of aliphatic carboxylic acids is 1. The van der Waals surface area contributed by atoms with E-state index in [1.54, 1.807) is 0 Å². The summed E-state index contributed by atoms with van der Waals surface area (Å²) in [5, 5.41) is 9.01. The van der Waals surface area contributed by atoms with Gasteiger partial charge < -0.3 is 9.95 Å². The van der Waals surface area contributed by atoms with Crippen LogP contribution in [0.2, 0.25) is 0 Å². The van der Waals surface area contributed by atoms with Crippen molar-refractivity contribution in [2.75, 3.05) is 0 Å². The zero-order valence-corrected chi connectivity index (χ0v) is 10.0. The molecule has 0 aliphatic heterocycles. The number of rotatable bonds is 3. The molecule has 0 heterocycles. The van der Waals surface area contributed by atoms with E-state index in [2.05, 4.69) is 4.85 Å². The summed E-state index contributed by atoms with van der Waals surface area (Å²) in [5.74, 6) is 2.91. The van der Waals surface area contributed by atoms with Gasteiger partial charge in [0, 0.05) is 6.42 Å². The average molecular weight is 233 g/mol. The minimum atomic E-state index is -0.922. The van der Waals surface area contributed by atoms with Gasteiger partial charge in [0.15, 0.2) is 0 Å². The third kappa shape index (κ3) is 1.84. The number of carboxylic acid groups (broad SMARTS) is 1. The van der Waals surface area contributed by atoms with Crippen LogP contribution in [0.1, 0.15) is 38.5 Å². The number of nitrogens with zero attached hydrogens (tertiary/aromatic N) is 1. The molecular formula is C14H19NO2. The first-order chi connectivity index (χ1) is 8.17. The maximum atomic E-state index is 11.0. The zero-order valence-electron chi connectivity index (χ0n) is 10.0. The first-order valence-electron chi connectivity index (χ1n) is 6.76. The molecule has 17 heavy (non-hydrogen) atoms. The van der Waals surface area contributed by atoms with Gasteiger partial charge in [-0.05, 0) is 61.7 Å². The van der Waals surface area contributed by atoms with E-state index in [1.807, 2.05) is 0 Å². The monoisotopic (exact) mass is 233 g/mol. The van der Waals surface area contributed by atoms with E-state index in [4.69, 9.17) is 11.7 Å². The predicted octanol–water partition coefficient (Wildman–Crippen LogP) is 2.82. The van der Waals surface area contributed by atoms with Gasteiger partial charge in [0.05, 0.1) is 0 Å². The third-order valence-corrected chi connectivity index (χ3v) is 5.36. The lowest BCUT2D eigenvalue weighted by atomic mass is 9.51. The van der Waals surface area contributed by atoms with Crippen molar-refractivity contribution in [2.24, 2.45) is 29.6 Å². The van der Waals surface area contributed by atoms with E-state index >= 15 is 0 Å². The predicted molar refractivity (Wildman–Crippen MR) is 63.2 cm³/mol. The maximum absolute atomic E-state index is 11.0. The molecule has 0 radical (unpaired) electrons. The smallest absolute Gasteiger partial charge is 0.387 e. The highest BCUT2D eigenvalue weighted by atomic mass is 16.4. The second-order valence-corrected chi connectivity index (χ2v) is 6.31. The molecule has 1 atom stereocenters. The van der Waals surface area contributed by atoms with Crippen LogP contribution in [0, 0.1) is 36.2 Å². The van der Waals surface area contributed by atoms with Gasteiger partial charge in [0.25, 0.3) is 0 Å². The van der Waals surface area contributed by atoms with Gasteiger partial charge in [-0.3, -0.25) is 0 Å². The highest BCUT2D eigenvalue weighted by molar-refractivity contribution is 5.75. The standard InChI is InChI=1S/C14H19NO2/c1-15-13(14(16)17)7-12-10-3-8-2-9(5-10)6-11(12)4-8/h8-13H,2-7H2,(H,16,17). The summed E-state index contributed by atoms with van der Waals surface area (Å²) in [7, 11) is 0. The second kappa shape index (κ2) is 4.01. The SMILES string of the molecule is [C-]#[N+]C(CC1C2CC3CC(C2)CC1C3)C(=O)O. The van der Waals surface area contributed by atoms with Crippen LogP contribution < -0.4 is 0 Å². The Kier molecular flexibility index (Phi) is 2.61. The lowest BCUT2D eigenvalue weighted by molar-refractivity contribution is -0.138. The fraction of sp³-hybridized carbons (Fsp3) is 0.857. The largest absolute Gasteiger partial charge is 0.476 e. The van der Waals surface area contributed by atoms with E-state index in [0.29, 0.717) is 12.3 Å². The number of carbonyl (C=O) groups is 1. The molecule has 4 aliphatic carbocycles. The molecule has 4 aliphatic rings. The molecule has 0 aromatic carbocycles. The molecule has 0 saturated heterocycles. The third-order valence-electron chi connectivity index (χ3n) is 5.36. The fourth-order valence-corrected chi connectivity index (χ4v) is 4.89. The summed E-state index contributed by atoms with van der Waals surface area (Å²) < 4.78 is 0. The Morgan fingerprint density at radius 2 is 1.71 bits per heavy atom. The zero-order chi connectivity index (χ0) is 12.0. The first kappa shape index (κ1) is 11.1. The van der Waals surface area contributed by atoms with Crippen molar-refractivity contribution in [3.05, 3.63) is 11.4 Å². The molecule has 3 nitrogen and oxygen atoms in total. The van der Waals surface area contributed by atoms with Crippen molar-refractivity contribution in [3.63, 3.8) is 0 Å². The van der Waals surface area contributed by atoms with Gasteiger partial charge in [-0.15, -0.1) is 0 Å². The summed E-state index contributed by atoms with van der Waals surface area (Å²) in [6.07, 6.45) is 7.26. The molecule has 3 heteroatoms. The molecule has 0 aromatic rings. The topological polar surface area (TPSA) is 41.7 Å². The minimum absolute atomic E-state index is 0.526. The molecule has 0 aromatic heterocycles. The Morgan fingerprint density at radius 1 is 1.18 bits per heavy atom. The van der Waals surface area contributed by atoms with Crippen LogP contribution in [0.3, 0.4) is 0 Å². The quantitative estimate of drug-likeness (QED) is 0.761. The van der Waals surface area contributed by atoms with E-state index in [1.165, 1.54) is 32.1 Å². The highest BCUT2D eigenvalue weighted by Crippen LogP contribution is 2.57. The number of carboxylic acids is 1. The van der Waals surface area contributed by atoms with E-state index in [9.17, 15) is 4.79 Å². The molecule has 0 spiro atoms. The molecule has 1 unspecified atom stereocenters. The molecular weight excluding hydrogens is 214 g/mol. The van der Waals surface area contributed by atoms with Crippen LogP contribution in [0.4, 0.5) is 0 Å².